The van der Waals surface area contributed by atoms with Crippen LogP contribution in [-0.4, -0.2) is 28.9 Å². The van der Waals surface area contributed by atoms with Crippen molar-refractivity contribution in [3.05, 3.63) is 35.9 Å². The van der Waals surface area contributed by atoms with Crippen molar-refractivity contribution in [3.8, 4) is 0 Å². The van der Waals surface area contributed by atoms with Crippen LogP contribution in [0.5, 0.6) is 0 Å². The van der Waals surface area contributed by atoms with Crippen LogP contribution in [0.4, 0.5) is 0 Å². The van der Waals surface area contributed by atoms with Crippen LogP contribution in [0.2, 0.25) is 0 Å². The molecular weight excluding hydrogens is 214 g/mol. The monoisotopic (exact) mass is 237 g/mol. The molecule has 0 saturated carbocycles. The molecule has 0 aliphatic heterocycles. The second kappa shape index (κ2) is 6.74. The molecule has 0 spiro atoms. The first-order chi connectivity index (χ1) is 8.02. The highest BCUT2D eigenvalue weighted by Crippen LogP contribution is 2.21. The van der Waals surface area contributed by atoms with E-state index >= 15 is 0 Å². The molecule has 3 atom stereocenters. The lowest BCUT2D eigenvalue weighted by molar-refractivity contribution is 0.0931. The Bertz CT molecular complexity index is 311. The Morgan fingerprint density at radius 2 is 1.65 bits per heavy atom. The minimum atomic E-state index is -0.546. The van der Waals surface area contributed by atoms with Gasteiger partial charge in [0.15, 0.2) is 0 Å². The normalized spacial score (nSPS) is 16.8. The van der Waals surface area contributed by atoms with Crippen LogP contribution >= 0.6 is 0 Å². The van der Waals surface area contributed by atoms with Crippen molar-refractivity contribution in [1.29, 1.82) is 0 Å². The van der Waals surface area contributed by atoms with Gasteiger partial charge in [0.1, 0.15) is 0 Å². The van der Waals surface area contributed by atoms with E-state index in [1.165, 1.54) is 0 Å². The standard InChI is InChI=1S/C14H23NO2/c1-10(2)13(15-9-11(3)16)14(17)12-7-5-4-6-8-12/h4-8,10-11,13-17H,9H2,1-3H3. The summed E-state index contributed by atoms with van der Waals surface area (Å²) in [6.07, 6.45) is -0.950. The molecule has 0 aliphatic carbocycles. The predicted molar refractivity (Wildman–Crippen MR) is 69.7 cm³/mol. The molecule has 1 aromatic carbocycles. The average molecular weight is 237 g/mol. The fourth-order valence-electron chi connectivity index (χ4n) is 1.88. The van der Waals surface area contributed by atoms with Gasteiger partial charge in [0.05, 0.1) is 12.2 Å². The van der Waals surface area contributed by atoms with Gasteiger partial charge >= 0.3 is 0 Å². The average Bonchev–Trinajstić information content (AvgIpc) is 2.29. The number of aliphatic hydroxyl groups excluding tert-OH is 2. The molecule has 3 nitrogen and oxygen atoms in total. The molecule has 0 radical (unpaired) electrons. The predicted octanol–water partition coefficient (Wildman–Crippen LogP) is 1.72. The number of benzene rings is 1. The molecule has 0 amide bonds. The Hall–Kier alpha value is -0.900. The van der Waals surface area contributed by atoms with Gasteiger partial charge in [-0.2, -0.15) is 0 Å². The highest BCUT2D eigenvalue weighted by Gasteiger charge is 2.23. The third-order valence-corrected chi connectivity index (χ3v) is 2.85. The smallest absolute Gasteiger partial charge is 0.0945 e. The molecule has 3 N–H and O–H groups in total. The van der Waals surface area contributed by atoms with Crippen molar-refractivity contribution in [2.75, 3.05) is 6.54 Å². The number of rotatable bonds is 6. The number of hydrogen-bond acceptors (Lipinski definition) is 3. The zero-order valence-electron chi connectivity index (χ0n) is 10.8. The molecule has 0 bridgehead atoms. The van der Waals surface area contributed by atoms with E-state index in [4.69, 9.17) is 0 Å². The Balaban J connectivity index is 2.70. The minimum absolute atomic E-state index is 0.0491. The Morgan fingerprint density at radius 3 is 2.12 bits per heavy atom. The van der Waals surface area contributed by atoms with Crippen molar-refractivity contribution >= 4 is 0 Å². The molecule has 0 saturated heterocycles. The van der Waals surface area contributed by atoms with Gasteiger partial charge in [0.2, 0.25) is 0 Å². The maximum Gasteiger partial charge on any atom is 0.0945 e. The molecular formula is C14H23NO2. The quantitative estimate of drug-likeness (QED) is 0.706. The summed E-state index contributed by atoms with van der Waals surface area (Å²) in [7, 11) is 0. The molecule has 0 aliphatic rings. The fourth-order valence-corrected chi connectivity index (χ4v) is 1.88. The Kier molecular flexibility index (Phi) is 5.62. The summed E-state index contributed by atoms with van der Waals surface area (Å²) in [5.74, 6) is 0.295. The van der Waals surface area contributed by atoms with Crippen molar-refractivity contribution in [1.82, 2.24) is 5.32 Å². The van der Waals surface area contributed by atoms with E-state index in [1.54, 1.807) is 6.92 Å². The zero-order valence-corrected chi connectivity index (χ0v) is 10.8. The van der Waals surface area contributed by atoms with Crippen molar-refractivity contribution in [2.24, 2.45) is 5.92 Å². The van der Waals surface area contributed by atoms with Crippen LogP contribution in [0, 0.1) is 5.92 Å². The summed E-state index contributed by atoms with van der Waals surface area (Å²) in [6.45, 7) is 6.35. The first-order valence-electron chi connectivity index (χ1n) is 6.16. The largest absolute Gasteiger partial charge is 0.392 e. The van der Waals surface area contributed by atoms with E-state index in [1.807, 2.05) is 30.3 Å². The van der Waals surface area contributed by atoms with E-state index < -0.39 is 12.2 Å². The molecule has 0 heterocycles. The summed E-state index contributed by atoms with van der Waals surface area (Å²) in [5.41, 5.74) is 0.907. The summed E-state index contributed by atoms with van der Waals surface area (Å²) in [4.78, 5) is 0. The molecule has 1 rings (SSSR count). The topological polar surface area (TPSA) is 52.5 Å². The zero-order chi connectivity index (χ0) is 12.8. The second-order valence-corrected chi connectivity index (χ2v) is 4.88. The van der Waals surface area contributed by atoms with E-state index in [-0.39, 0.29) is 6.04 Å². The lowest BCUT2D eigenvalue weighted by Gasteiger charge is -2.28. The summed E-state index contributed by atoms with van der Waals surface area (Å²) < 4.78 is 0. The van der Waals surface area contributed by atoms with E-state index in [9.17, 15) is 10.2 Å². The van der Waals surface area contributed by atoms with E-state index in [0.29, 0.717) is 12.5 Å². The molecule has 3 heteroatoms. The summed E-state index contributed by atoms with van der Waals surface area (Å²) >= 11 is 0. The van der Waals surface area contributed by atoms with Gasteiger partial charge in [0.25, 0.3) is 0 Å². The Morgan fingerprint density at radius 1 is 1.06 bits per heavy atom. The van der Waals surface area contributed by atoms with Crippen molar-refractivity contribution < 1.29 is 10.2 Å². The Labute approximate surface area is 103 Å². The maximum atomic E-state index is 10.3. The van der Waals surface area contributed by atoms with Gasteiger partial charge in [-0.1, -0.05) is 44.2 Å². The summed E-state index contributed by atoms with van der Waals surface area (Å²) in [5, 5.41) is 22.8. The number of aliphatic hydroxyl groups is 2. The van der Waals surface area contributed by atoms with Crippen LogP contribution in [0.1, 0.15) is 32.4 Å². The first kappa shape index (κ1) is 14.2. The van der Waals surface area contributed by atoms with E-state index in [2.05, 4.69) is 19.2 Å². The van der Waals surface area contributed by atoms with Crippen LogP contribution in [0.15, 0.2) is 30.3 Å². The number of nitrogens with one attached hydrogen (secondary N) is 1. The third-order valence-electron chi connectivity index (χ3n) is 2.85. The molecule has 0 fully saturated rings. The molecule has 1 aromatic rings. The highest BCUT2D eigenvalue weighted by atomic mass is 16.3. The van der Waals surface area contributed by atoms with Crippen LogP contribution < -0.4 is 5.32 Å². The lowest BCUT2D eigenvalue weighted by Crippen LogP contribution is -2.42. The van der Waals surface area contributed by atoms with Gasteiger partial charge in [-0.15, -0.1) is 0 Å². The van der Waals surface area contributed by atoms with Gasteiger partial charge in [0, 0.05) is 12.6 Å². The maximum absolute atomic E-state index is 10.3. The minimum Gasteiger partial charge on any atom is -0.392 e. The SMILES string of the molecule is CC(O)CNC(C(C)C)C(O)c1ccccc1. The molecule has 3 unspecified atom stereocenters. The summed E-state index contributed by atoms with van der Waals surface area (Å²) in [6, 6.07) is 9.57. The highest BCUT2D eigenvalue weighted by molar-refractivity contribution is 5.19. The fraction of sp³-hybridized carbons (Fsp3) is 0.571. The van der Waals surface area contributed by atoms with Crippen molar-refractivity contribution in [3.63, 3.8) is 0 Å². The van der Waals surface area contributed by atoms with Gasteiger partial charge < -0.3 is 15.5 Å². The van der Waals surface area contributed by atoms with Crippen LogP contribution in [0.3, 0.4) is 0 Å². The van der Waals surface area contributed by atoms with Gasteiger partial charge in [-0.25, -0.2) is 0 Å². The lowest BCUT2D eigenvalue weighted by atomic mass is 9.93. The molecule has 96 valence electrons. The van der Waals surface area contributed by atoms with Gasteiger partial charge in [-0.05, 0) is 18.4 Å². The van der Waals surface area contributed by atoms with Crippen LogP contribution in [0.25, 0.3) is 0 Å². The van der Waals surface area contributed by atoms with Crippen LogP contribution in [-0.2, 0) is 0 Å². The number of hydrogen-bond donors (Lipinski definition) is 3. The van der Waals surface area contributed by atoms with Gasteiger partial charge in [-0.3, -0.25) is 0 Å². The molecule has 17 heavy (non-hydrogen) atoms. The van der Waals surface area contributed by atoms with Crippen molar-refractivity contribution in [2.45, 2.75) is 39.0 Å². The molecule has 0 aromatic heterocycles. The first-order valence-corrected chi connectivity index (χ1v) is 6.16. The second-order valence-electron chi connectivity index (χ2n) is 4.88. The van der Waals surface area contributed by atoms with E-state index in [0.717, 1.165) is 5.56 Å². The third kappa shape index (κ3) is 4.46.